The highest BCUT2D eigenvalue weighted by Crippen LogP contribution is 2.21. The van der Waals surface area contributed by atoms with Crippen LogP contribution in [-0.4, -0.2) is 18.9 Å². The van der Waals surface area contributed by atoms with E-state index in [1.54, 1.807) is 0 Å². The summed E-state index contributed by atoms with van der Waals surface area (Å²) in [6.45, 7) is 9.36. The predicted octanol–water partition coefficient (Wildman–Crippen LogP) is 3.29. The summed E-state index contributed by atoms with van der Waals surface area (Å²) in [5, 5.41) is 0. The summed E-state index contributed by atoms with van der Waals surface area (Å²) in [5.41, 5.74) is 1.82. The fraction of sp³-hybridized carbons (Fsp3) is 0.357. The molecule has 1 aromatic carbocycles. The number of rotatable bonds is 6. The van der Waals surface area contributed by atoms with Crippen LogP contribution in [0.1, 0.15) is 30.6 Å². The summed E-state index contributed by atoms with van der Waals surface area (Å²) in [6.07, 6.45) is 2.40. The van der Waals surface area contributed by atoms with Gasteiger partial charge < -0.3 is 4.90 Å². The van der Waals surface area contributed by atoms with Crippen molar-refractivity contribution in [2.75, 3.05) is 18.0 Å². The van der Waals surface area contributed by atoms with E-state index in [-0.39, 0.29) is 5.78 Å². The molecule has 0 amide bonds. The number of likely N-dealkylation sites (N-methyl/N-ethyl adjacent to an activating group) is 1. The van der Waals surface area contributed by atoms with Gasteiger partial charge in [0.15, 0.2) is 5.78 Å². The minimum atomic E-state index is 0.193. The molecule has 0 heterocycles. The second-order valence-electron chi connectivity index (χ2n) is 3.62. The van der Waals surface area contributed by atoms with Gasteiger partial charge in [0, 0.05) is 30.8 Å². The standard InChI is InChI=1S/C14H19NO/c1-4-11-15(6-3)13-10-8-7-9-12(13)14(16)5-2/h4,7-10H,1,5-6,11H2,2-3H3. The van der Waals surface area contributed by atoms with Gasteiger partial charge >= 0.3 is 0 Å². The molecule has 0 radical (unpaired) electrons. The molecule has 0 saturated heterocycles. The average Bonchev–Trinajstić information content (AvgIpc) is 2.35. The van der Waals surface area contributed by atoms with Crippen LogP contribution in [0.3, 0.4) is 0 Å². The second-order valence-corrected chi connectivity index (χ2v) is 3.62. The van der Waals surface area contributed by atoms with Crippen molar-refractivity contribution in [3.8, 4) is 0 Å². The van der Waals surface area contributed by atoms with Crippen LogP contribution in [0.4, 0.5) is 5.69 Å². The number of benzene rings is 1. The van der Waals surface area contributed by atoms with E-state index in [1.807, 2.05) is 37.3 Å². The van der Waals surface area contributed by atoms with Crippen LogP contribution >= 0.6 is 0 Å². The Kier molecular flexibility index (Phi) is 4.77. The fourth-order valence-corrected chi connectivity index (χ4v) is 1.73. The molecule has 2 heteroatoms. The van der Waals surface area contributed by atoms with Crippen molar-refractivity contribution in [1.29, 1.82) is 0 Å². The molecule has 0 aromatic heterocycles. The fourth-order valence-electron chi connectivity index (χ4n) is 1.73. The first-order valence-electron chi connectivity index (χ1n) is 5.72. The van der Waals surface area contributed by atoms with Gasteiger partial charge in [0.05, 0.1) is 0 Å². The van der Waals surface area contributed by atoms with Gasteiger partial charge in [-0.25, -0.2) is 0 Å². The number of ketones is 1. The third kappa shape index (κ3) is 2.72. The van der Waals surface area contributed by atoms with Crippen LogP contribution in [0.25, 0.3) is 0 Å². The average molecular weight is 217 g/mol. The maximum Gasteiger partial charge on any atom is 0.164 e. The predicted molar refractivity (Wildman–Crippen MR) is 69.1 cm³/mol. The van der Waals surface area contributed by atoms with Crippen molar-refractivity contribution < 1.29 is 4.79 Å². The van der Waals surface area contributed by atoms with Crippen LogP contribution < -0.4 is 4.90 Å². The number of anilines is 1. The van der Waals surface area contributed by atoms with Crippen molar-refractivity contribution >= 4 is 11.5 Å². The van der Waals surface area contributed by atoms with Gasteiger partial charge in [-0.1, -0.05) is 25.1 Å². The molecule has 0 unspecified atom stereocenters. The van der Waals surface area contributed by atoms with Crippen LogP contribution in [0.5, 0.6) is 0 Å². The molecule has 2 nitrogen and oxygen atoms in total. The molecule has 0 atom stereocenters. The largest absolute Gasteiger partial charge is 0.368 e. The second kappa shape index (κ2) is 6.11. The molecule has 0 spiro atoms. The topological polar surface area (TPSA) is 20.3 Å². The Bertz CT molecular complexity index is 371. The van der Waals surface area contributed by atoms with Gasteiger partial charge in [-0.3, -0.25) is 4.79 Å². The Balaban J connectivity index is 3.10. The molecule has 0 N–H and O–H groups in total. The monoisotopic (exact) mass is 217 g/mol. The van der Waals surface area contributed by atoms with Crippen LogP contribution in [0, 0.1) is 0 Å². The quantitative estimate of drug-likeness (QED) is 0.538. The molecule has 0 bridgehead atoms. The van der Waals surface area contributed by atoms with Gasteiger partial charge in [-0.15, -0.1) is 6.58 Å². The highest BCUT2D eigenvalue weighted by atomic mass is 16.1. The smallest absolute Gasteiger partial charge is 0.164 e. The van der Waals surface area contributed by atoms with Crippen molar-refractivity contribution in [1.82, 2.24) is 0 Å². The number of para-hydroxylation sites is 1. The summed E-state index contributed by atoms with van der Waals surface area (Å²) < 4.78 is 0. The molecule has 0 aliphatic carbocycles. The van der Waals surface area contributed by atoms with Gasteiger partial charge in [-0.05, 0) is 19.1 Å². The number of carbonyl (C=O) groups is 1. The lowest BCUT2D eigenvalue weighted by Gasteiger charge is -2.23. The number of carbonyl (C=O) groups excluding carboxylic acids is 1. The lowest BCUT2D eigenvalue weighted by molar-refractivity contribution is 0.0988. The lowest BCUT2D eigenvalue weighted by Crippen LogP contribution is -2.24. The molecule has 1 aromatic rings. The van der Waals surface area contributed by atoms with E-state index < -0.39 is 0 Å². The Morgan fingerprint density at radius 3 is 2.62 bits per heavy atom. The first-order chi connectivity index (χ1) is 7.74. The van der Waals surface area contributed by atoms with E-state index in [0.717, 1.165) is 24.3 Å². The summed E-state index contributed by atoms with van der Waals surface area (Å²) in [7, 11) is 0. The Morgan fingerprint density at radius 2 is 2.06 bits per heavy atom. The first kappa shape index (κ1) is 12.5. The van der Waals surface area contributed by atoms with Gasteiger partial charge in [0.25, 0.3) is 0 Å². The van der Waals surface area contributed by atoms with Crippen LogP contribution in [0.15, 0.2) is 36.9 Å². The van der Waals surface area contributed by atoms with Crippen molar-refractivity contribution in [2.24, 2.45) is 0 Å². The zero-order chi connectivity index (χ0) is 12.0. The molecule has 1 rings (SSSR count). The molecular formula is C14H19NO. The zero-order valence-corrected chi connectivity index (χ0v) is 10.1. The van der Waals surface area contributed by atoms with E-state index in [0.29, 0.717) is 6.42 Å². The maximum absolute atomic E-state index is 11.8. The number of Topliss-reactive ketones (excluding diaryl/α,β-unsaturated/α-hetero) is 1. The Labute approximate surface area is 97.6 Å². The Hall–Kier alpha value is -1.57. The molecule has 16 heavy (non-hydrogen) atoms. The van der Waals surface area contributed by atoms with Gasteiger partial charge in [-0.2, -0.15) is 0 Å². The summed E-state index contributed by atoms with van der Waals surface area (Å²) in [6, 6.07) is 7.77. The van der Waals surface area contributed by atoms with Crippen LogP contribution in [0.2, 0.25) is 0 Å². The SMILES string of the molecule is C=CCN(CC)c1ccccc1C(=O)CC. The minimum Gasteiger partial charge on any atom is -0.368 e. The summed E-state index contributed by atoms with van der Waals surface area (Å²) in [5.74, 6) is 0.193. The lowest BCUT2D eigenvalue weighted by atomic mass is 10.1. The normalized spacial score (nSPS) is 9.88. The van der Waals surface area contributed by atoms with Gasteiger partial charge in [0.2, 0.25) is 0 Å². The molecule has 86 valence electrons. The van der Waals surface area contributed by atoms with E-state index in [9.17, 15) is 4.79 Å². The van der Waals surface area contributed by atoms with Gasteiger partial charge in [0.1, 0.15) is 0 Å². The van der Waals surface area contributed by atoms with E-state index in [4.69, 9.17) is 0 Å². The molecule has 0 aliphatic heterocycles. The summed E-state index contributed by atoms with van der Waals surface area (Å²) >= 11 is 0. The highest BCUT2D eigenvalue weighted by Gasteiger charge is 2.12. The van der Waals surface area contributed by atoms with E-state index in [2.05, 4.69) is 18.4 Å². The maximum atomic E-state index is 11.8. The molecule has 0 saturated carbocycles. The Morgan fingerprint density at radius 1 is 1.38 bits per heavy atom. The van der Waals surface area contributed by atoms with E-state index >= 15 is 0 Å². The third-order valence-electron chi connectivity index (χ3n) is 2.60. The third-order valence-corrected chi connectivity index (χ3v) is 2.60. The number of hydrogen-bond donors (Lipinski definition) is 0. The van der Waals surface area contributed by atoms with Crippen molar-refractivity contribution in [2.45, 2.75) is 20.3 Å². The number of nitrogens with zero attached hydrogens (tertiary/aromatic N) is 1. The van der Waals surface area contributed by atoms with Crippen LogP contribution in [-0.2, 0) is 0 Å². The summed E-state index contributed by atoms with van der Waals surface area (Å²) in [4.78, 5) is 14.0. The minimum absolute atomic E-state index is 0.193. The van der Waals surface area contributed by atoms with Crippen molar-refractivity contribution in [3.63, 3.8) is 0 Å². The zero-order valence-electron chi connectivity index (χ0n) is 10.1. The molecule has 0 aliphatic rings. The first-order valence-corrected chi connectivity index (χ1v) is 5.72. The van der Waals surface area contributed by atoms with Crippen molar-refractivity contribution in [3.05, 3.63) is 42.5 Å². The van der Waals surface area contributed by atoms with E-state index in [1.165, 1.54) is 0 Å². The molecular weight excluding hydrogens is 198 g/mol. The number of hydrogen-bond acceptors (Lipinski definition) is 2. The highest BCUT2D eigenvalue weighted by molar-refractivity contribution is 6.01. The molecule has 0 fully saturated rings.